The van der Waals surface area contributed by atoms with Gasteiger partial charge in [0.05, 0.1) is 15.7 Å². The third-order valence-corrected chi connectivity index (χ3v) is 3.58. The number of halogens is 2. The zero-order valence-corrected chi connectivity index (χ0v) is 9.41. The summed E-state index contributed by atoms with van der Waals surface area (Å²) in [6.07, 6.45) is 4.05. The van der Waals surface area contributed by atoms with Gasteiger partial charge in [-0.2, -0.15) is 0 Å². The number of hydrogen-bond donors (Lipinski definition) is 1. The quantitative estimate of drug-likeness (QED) is 0.820. The van der Waals surface area contributed by atoms with Crippen LogP contribution in [0.5, 0.6) is 0 Å². The molecule has 0 amide bonds. The van der Waals surface area contributed by atoms with Crippen LogP contribution in [-0.2, 0) is 0 Å². The minimum Gasteiger partial charge on any atom is -0.384 e. The first kappa shape index (κ1) is 10.1. The molecule has 3 heteroatoms. The standard InChI is InChI=1S/C11H13Cl2N/c12-9-5-2-6-10(11(9)13)14-7-8-3-1-4-8/h2,5-6,8,14H,1,3-4,7H2. The van der Waals surface area contributed by atoms with Crippen LogP contribution in [-0.4, -0.2) is 6.54 Å². The topological polar surface area (TPSA) is 12.0 Å². The number of hydrogen-bond acceptors (Lipinski definition) is 1. The molecule has 0 radical (unpaired) electrons. The molecule has 0 aliphatic heterocycles. The minimum atomic E-state index is 0.616. The second kappa shape index (κ2) is 4.41. The van der Waals surface area contributed by atoms with Gasteiger partial charge in [-0.25, -0.2) is 0 Å². The van der Waals surface area contributed by atoms with Gasteiger partial charge >= 0.3 is 0 Å². The van der Waals surface area contributed by atoms with Crippen LogP contribution in [0.3, 0.4) is 0 Å². The Morgan fingerprint density at radius 2 is 2.07 bits per heavy atom. The molecular weight excluding hydrogens is 217 g/mol. The van der Waals surface area contributed by atoms with Crippen LogP contribution in [0.2, 0.25) is 10.0 Å². The molecule has 1 aliphatic rings. The Hall–Kier alpha value is -0.400. The van der Waals surface area contributed by atoms with Crippen LogP contribution in [0.1, 0.15) is 19.3 Å². The molecule has 14 heavy (non-hydrogen) atoms. The SMILES string of the molecule is Clc1cccc(NCC2CCC2)c1Cl. The van der Waals surface area contributed by atoms with Gasteiger partial charge in [-0.1, -0.05) is 35.7 Å². The molecule has 0 heterocycles. The third-order valence-electron chi connectivity index (χ3n) is 2.76. The zero-order chi connectivity index (χ0) is 9.97. The number of benzene rings is 1. The predicted octanol–water partition coefficient (Wildman–Crippen LogP) is 4.21. The van der Waals surface area contributed by atoms with E-state index in [4.69, 9.17) is 23.2 Å². The molecule has 1 fully saturated rings. The van der Waals surface area contributed by atoms with E-state index < -0.39 is 0 Å². The molecule has 0 bridgehead atoms. The first-order chi connectivity index (χ1) is 6.77. The molecule has 1 aliphatic carbocycles. The van der Waals surface area contributed by atoms with Gasteiger partial charge < -0.3 is 5.32 Å². The molecule has 76 valence electrons. The van der Waals surface area contributed by atoms with Crippen LogP contribution < -0.4 is 5.32 Å². The largest absolute Gasteiger partial charge is 0.384 e. The summed E-state index contributed by atoms with van der Waals surface area (Å²) in [5, 5.41) is 4.59. The maximum Gasteiger partial charge on any atom is 0.0823 e. The van der Waals surface area contributed by atoms with Crippen molar-refractivity contribution in [3.8, 4) is 0 Å². The van der Waals surface area contributed by atoms with Gasteiger partial charge in [-0.15, -0.1) is 0 Å². The Labute approximate surface area is 94.4 Å². The number of anilines is 1. The normalized spacial score (nSPS) is 16.4. The predicted molar refractivity (Wildman–Crippen MR) is 62.3 cm³/mol. The lowest BCUT2D eigenvalue weighted by atomic mass is 9.85. The van der Waals surface area contributed by atoms with Crippen LogP contribution in [0.15, 0.2) is 18.2 Å². The highest BCUT2D eigenvalue weighted by Crippen LogP contribution is 2.31. The molecule has 1 aromatic carbocycles. The molecular formula is C11H13Cl2N. The van der Waals surface area contributed by atoms with E-state index in [0.29, 0.717) is 10.0 Å². The van der Waals surface area contributed by atoms with Gasteiger partial charge in [-0.3, -0.25) is 0 Å². The van der Waals surface area contributed by atoms with Gasteiger partial charge in [0.2, 0.25) is 0 Å². The van der Waals surface area contributed by atoms with E-state index >= 15 is 0 Å². The van der Waals surface area contributed by atoms with E-state index in [0.717, 1.165) is 18.2 Å². The maximum atomic E-state index is 6.04. The van der Waals surface area contributed by atoms with Crippen molar-refractivity contribution in [3.05, 3.63) is 28.2 Å². The number of nitrogens with one attached hydrogen (secondary N) is 1. The van der Waals surface area contributed by atoms with E-state index in [2.05, 4.69) is 5.32 Å². The summed E-state index contributed by atoms with van der Waals surface area (Å²) in [7, 11) is 0. The Kier molecular flexibility index (Phi) is 3.19. The monoisotopic (exact) mass is 229 g/mol. The molecule has 0 atom stereocenters. The van der Waals surface area contributed by atoms with Crippen molar-refractivity contribution in [2.24, 2.45) is 5.92 Å². The second-order valence-corrected chi connectivity index (χ2v) is 4.56. The summed E-state index contributed by atoms with van der Waals surface area (Å²) in [5.74, 6) is 0.824. The fraction of sp³-hybridized carbons (Fsp3) is 0.455. The number of rotatable bonds is 3. The van der Waals surface area contributed by atoms with Crippen molar-refractivity contribution in [1.29, 1.82) is 0 Å². The summed E-state index contributed by atoms with van der Waals surface area (Å²) < 4.78 is 0. The van der Waals surface area contributed by atoms with Crippen molar-refractivity contribution in [2.75, 3.05) is 11.9 Å². The fourth-order valence-corrected chi connectivity index (χ4v) is 1.96. The molecule has 0 saturated heterocycles. The first-order valence-corrected chi connectivity index (χ1v) is 5.71. The van der Waals surface area contributed by atoms with Crippen molar-refractivity contribution < 1.29 is 0 Å². The van der Waals surface area contributed by atoms with Crippen LogP contribution >= 0.6 is 23.2 Å². The minimum absolute atomic E-state index is 0.616. The van der Waals surface area contributed by atoms with E-state index in [1.54, 1.807) is 6.07 Å². The molecule has 0 spiro atoms. The molecule has 1 aromatic rings. The highest BCUT2D eigenvalue weighted by molar-refractivity contribution is 6.43. The third kappa shape index (κ3) is 2.15. The van der Waals surface area contributed by atoms with Crippen LogP contribution in [0, 0.1) is 5.92 Å². The second-order valence-electron chi connectivity index (χ2n) is 3.78. The van der Waals surface area contributed by atoms with E-state index in [9.17, 15) is 0 Å². The Morgan fingerprint density at radius 3 is 2.71 bits per heavy atom. The van der Waals surface area contributed by atoms with E-state index in [1.807, 2.05) is 12.1 Å². The molecule has 1 nitrogen and oxygen atoms in total. The van der Waals surface area contributed by atoms with Gasteiger partial charge in [0.25, 0.3) is 0 Å². The van der Waals surface area contributed by atoms with Gasteiger partial charge in [0, 0.05) is 6.54 Å². The summed E-state index contributed by atoms with van der Waals surface area (Å²) >= 11 is 11.9. The fourth-order valence-electron chi connectivity index (χ4n) is 1.59. The van der Waals surface area contributed by atoms with Crippen molar-refractivity contribution in [1.82, 2.24) is 0 Å². The van der Waals surface area contributed by atoms with Gasteiger partial charge in [0.1, 0.15) is 0 Å². The van der Waals surface area contributed by atoms with E-state index in [1.165, 1.54) is 19.3 Å². The van der Waals surface area contributed by atoms with Crippen LogP contribution in [0.25, 0.3) is 0 Å². The smallest absolute Gasteiger partial charge is 0.0823 e. The Balaban J connectivity index is 1.97. The summed E-state index contributed by atoms with van der Waals surface area (Å²) in [6.45, 7) is 1.01. The lowest BCUT2D eigenvalue weighted by molar-refractivity contribution is 0.333. The van der Waals surface area contributed by atoms with Crippen LogP contribution in [0.4, 0.5) is 5.69 Å². The first-order valence-electron chi connectivity index (χ1n) is 4.95. The highest BCUT2D eigenvalue weighted by atomic mass is 35.5. The molecule has 1 saturated carbocycles. The lowest BCUT2D eigenvalue weighted by Crippen LogP contribution is -2.20. The highest BCUT2D eigenvalue weighted by Gasteiger charge is 2.17. The molecule has 0 aromatic heterocycles. The van der Waals surface area contributed by atoms with Gasteiger partial charge in [-0.05, 0) is 30.9 Å². The molecule has 1 N–H and O–H groups in total. The van der Waals surface area contributed by atoms with Gasteiger partial charge in [0.15, 0.2) is 0 Å². The summed E-state index contributed by atoms with van der Waals surface area (Å²) in [4.78, 5) is 0. The molecule has 0 unspecified atom stereocenters. The van der Waals surface area contributed by atoms with Crippen molar-refractivity contribution in [2.45, 2.75) is 19.3 Å². The summed E-state index contributed by atoms with van der Waals surface area (Å²) in [6, 6.07) is 5.68. The lowest BCUT2D eigenvalue weighted by Gasteiger charge is -2.26. The zero-order valence-electron chi connectivity index (χ0n) is 7.89. The van der Waals surface area contributed by atoms with E-state index in [-0.39, 0.29) is 0 Å². The Bertz CT molecular complexity index is 321. The average molecular weight is 230 g/mol. The summed E-state index contributed by atoms with van der Waals surface area (Å²) in [5.41, 5.74) is 0.950. The Morgan fingerprint density at radius 1 is 1.29 bits per heavy atom. The maximum absolute atomic E-state index is 6.04. The molecule has 2 rings (SSSR count). The average Bonchev–Trinajstić information content (AvgIpc) is 2.09. The van der Waals surface area contributed by atoms with Crippen molar-refractivity contribution >= 4 is 28.9 Å². The van der Waals surface area contributed by atoms with Crippen molar-refractivity contribution in [3.63, 3.8) is 0 Å².